The van der Waals surface area contributed by atoms with Gasteiger partial charge in [-0.15, -0.1) is 0 Å². The van der Waals surface area contributed by atoms with Crippen molar-refractivity contribution >= 4 is 17.3 Å². The fourth-order valence-corrected chi connectivity index (χ4v) is 2.82. The summed E-state index contributed by atoms with van der Waals surface area (Å²) in [4.78, 5) is 14.5. The van der Waals surface area contributed by atoms with E-state index in [1.165, 1.54) is 0 Å². The molecular formula is C19H22N2O2. The van der Waals surface area contributed by atoms with E-state index in [1.54, 1.807) is 0 Å². The third kappa shape index (κ3) is 3.47. The van der Waals surface area contributed by atoms with Crippen molar-refractivity contribution < 1.29 is 9.53 Å². The van der Waals surface area contributed by atoms with Crippen LogP contribution in [0.3, 0.4) is 0 Å². The average Bonchev–Trinajstić information content (AvgIpc) is 2.60. The lowest BCUT2D eigenvalue weighted by molar-refractivity contribution is -0.119. The molecule has 1 N–H and O–H groups in total. The van der Waals surface area contributed by atoms with Gasteiger partial charge in [0.2, 0.25) is 5.91 Å². The Hall–Kier alpha value is -2.49. The highest BCUT2D eigenvalue weighted by atomic mass is 16.5. The number of fused-ring (bicyclic) bond motifs is 1. The predicted octanol–water partition coefficient (Wildman–Crippen LogP) is 3.69. The second-order valence-corrected chi connectivity index (χ2v) is 5.63. The van der Waals surface area contributed by atoms with Crippen molar-refractivity contribution in [3.05, 3.63) is 54.6 Å². The molecule has 4 heteroatoms. The second kappa shape index (κ2) is 7.18. The minimum atomic E-state index is -0.139. The Morgan fingerprint density at radius 1 is 1.09 bits per heavy atom. The Morgan fingerprint density at radius 2 is 1.83 bits per heavy atom. The number of amides is 1. The molecule has 2 aromatic carbocycles. The summed E-state index contributed by atoms with van der Waals surface area (Å²) < 4.78 is 5.72. The molecule has 120 valence electrons. The SMILES string of the molecule is CCC1Nc2ccccc2N(CCCOc2ccccc2)C1=O. The zero-order chi connectivity index (χ0) is 16.1. The molecule has 23 heavy (non-hydrogen) atoms. The summed E-state index contributed by atoms with van der Waals surface area (Å²) in [6, 6.07) is 17.6. The molecule has 0 saturated heterocycles. The van der Waals surface area contributed by atoms with Crippen molar-refractivity contribution in [2.45, 2.75) is 25.8 Å². The lowest BCUT2D eigenvalue weighted by Gasteiger charge is -2.35. The largest absolute Gasteiger partial charge is 0.494 e. The Bertz CT molecular complexity index is 657. The third-order valence-electron chi connectivity index (χ3n) is 4.03. The van der Waals surface area contributed by atoms with Crippen molar-refractivity contribution in [3.8, 4) is 5.75 Å². The third-order valence-corrected chi connectivity index (χ3v) is 4.03. The van der Waals surface area contributed by atoms with Crippen molar-refractivity contribution in [2.24, 2.45) is 0 Å². The summed E-state index contributed by atoms with van der Waals surface area (Å²) >= 11 is 0. The quantitative estimate of drug-likeness (QED) is 0.827. The summed E-state index contributed by atoms with van der Waals surface area (Å²) in [5, 5.41) is 3.32. The molecule has 2 aromatic rings. The van der Waals surface area contributed by atoms with Crippen LogP contribution in [0.25, 0.3) is 0 Å². The van der Waals surface area contributed by atoms with Crippen LogP contribution < -0.4 is 15.0 Å². The second-order valence-electron chi connectivity index (χ2n) is 5.63. The zero-order valence-corrected chi connectivity index (χ0v) is 13.4. The van der Waals surface area contributed by atoms with Crippen LogP contribution in [0.15, 0.2) is 54.6 Å². The van der Waals surface area contributed by atoms with Gasteiger partial charge in [-0.3, -0.25) is 4.79 Å². The van der Waals surface area contributed by atoms with Gasteiger partial charge in [-0.2, -0.15) is 0 Å². The molecule has 1 aliphatic rings. The van der Waals surface area contributed by atoms with Gasteiger partial charge in [0.25, 0.3) is 0 Å². The van der Waals surface area contributed by atoms with Crippen molar-refractivity contribution in [3.63, 3.8) is 0 Å². The molecular weight excluding hydrogens is 288 g/mol. The maximum atomic E-state index is 12.6. The van der Waals surface area contributed by atoms with Gasteiger partial charge in [0.1, 0.15) is 11.8 Å². The number of hydrogen-bond donors (Lipinski definition) is 1. The molecule has 1 unspecified atom stereocenters. The Kier molecular flexibility index (Phi) is 4.81. The van der Waals surface area contributed by atoms with Gasteiger partial charge in [-0.25, -0.2) is 0 Å². The van der Waals surface area contributed by atoms with Crippen LogP contribution in [-0.4, -0.2) is 25.1 Å². The average molecular weight is 310 g/mol. The molecule has 0 saturated carbocycles. The van der Waals surface area contributed by atoms with Crippen LogP contribution in [0, 0.1) is 0 Å². The highest BCUT2D eigenvalue weighted by Crippen LogP contribution is 2.31. The first-order valence-electron chi connectivity index (χ1n) is 8.14. The monoisotopic (exact) mass is 310 g/mol. The summed E-state index contributed by atoms with van der Waals surface area (Å²) in [5.41, 5.74) is 1.99. The van der Waals surface area contributed by atoms with E-state index in [0.717, 1.165) is 30.0 Å². The van der Waals surface area contributed by atoms with Crippen molar-refractivity contribution in [1.82, 2.24) is 0 Å². The fraction of sp³-hybridized carbons (Fsp3) is 0.316. The number of nitrogens with zero attached hydrogens (tertiary/aromatic N) is 1. The number of para-hydroxylation sites is 3. The molecule has 0 fully saturated rings. The molecule has 0 aliphatic carbocycles. The van der Waals surface area contributed by atoms with E-state index in [0.29, 0.717) is 13.2 Å². The number of anilines is 2. The van der Waals surface area contributed by atoms with Crippen LogP contribution in [0.2, 0.25) is 0 Å². The summed E-state index contributed by atoms with van der Waals surface area (Å²) in [5.74, 6) is 1.01. The Labute approximate surface area is 137 Å². The molecule has 0 aromatic heterocycles. The topological polar surface area (TPSA) is 41.6 Å². The molecule has 0 spiro atoms. The fourth-order valence-electron chi connectivity index (χ4n) is 2.82. The van der Waals surface area contributed by atoms with Crippen LogP contribution in [0.5, 0.6) is 5.75 Å². The van der Waals surface area contributed by atoms with E-state index in [4.69, 9.17) is 4.74 Å². The van der Waals surface area contributed by atoms with Gasteiger partial charge in [-0.1, -0.05) is 37.3 Å². The number of carbonyl (C=O) groups excluding carboxylic acids is 1. The number of ether oxygens (including phenoxy) is 1. The molecule has 1 atom stereocenters. The molecule has 1 amide bonds. The lowest BCUT2D eigenvalue weighted by Crippen LogP contribution is -2.47. The number of hydrogen-bond acceptors (Lipinski definition) is 3. The maximum Gasteiger partial charge on any atom is 0.249 e. The van der Waals surface area contributed by atoms with Crippen LogP contribution in [0.1, 0.15) is 19.8 Å². The summed E-state index contributed by atoms with van der Waals surface area (Å²) in [7, 11) is 0. The number of nitrogens with one attached hydrogen (secondary N) is 1. The first-order chi connectivity index (χ1) is 11.3. The molecule has 0 radical (unpaired) electrons. The van der Waals surface area contributed by atoms with Crippen LogP contribution in [0.4, 0.5) is 11.4 Å². The summed E-state index contributed by atoms with van der Waals surface area (Å²) in [6.45, 7) is 3.29. The normalized spacial score (nSPS) is 16.7. The van der Waals surface area contributed by atoms with Crippen LogP contribution >= 0.6 is 0 Å². The molecule has 1 aliphatic heterocycles. The highest BCUT2D eigenvalue weighted by Gasteiger charge is 2.30. The zero-order valence-electron chi connectivity index (χ0n) is 13.4. The predicted molar refractivity (Wildman–Crippen MR) is 93.1 cm³/mol. The van der Waals surface area contributed by atoms with Crippen molar-refractivity contribution in [2.75, 3.05) is 23.4 Å². The molecule has 1 heterocycles. The lowest BCUT2D eigenvalue weighted by atomic mass is 10.1. The molecule has 4 nitrogen and oxygen atoms in total. The van der Waals surface area contributed by atoms with E-state index in [9.17, 15) is 4.79 Å². The number of benzene rings is 2. The van der Waals surface area contributed by atoms with Crippen LogP contribution in [-0.2, 0) is 4.79 Å². The van der Waals surface area contributed by atoms with Gasteiger partial charge >= 0.3 is 0 Å². The van der Waals surface area contributed by atoms with E-state index < -0.39 is 0 Å². The Balaban J connectivity index is 1.63. The van der Waals surface area contributed by atoms with Gasteiger partial charge in [0.05, 0.1) is 18.0 Å². The number of carbonyl (C=O) groups is 1. The minimum absolute atomic E-state index is 0.139. The first-order valence-corrected chi connectivity index (χ1v) is 8.14. The van der Waals surface area contributed by atoms with Gasteiger partial charge < -0.3 is 15.0 Å². The van der Waals surface area contributed by atoms with E-state index in [1.807, 2.05) is 66.4 Å². The van der Waals surface area contributed by atoms with E-state index in [-0.39, 0.29) is 11.9 Å². The smallest absolute Gasteiger partial charge is 0.249 e. The van der Waals surface area contributed by atoms with Gasteiger partial charge in [0.15, 0.2) is 0 Å². The number of rotatable bonds is 6. The summed E-state index contributed by atoms with van der Waals surface area (Å²) in [6.07, 6.45) is 1.58. The first kappa shape index (κ1) is 15.4. The molecule has 3 rings (SSSR count). The standard InChI is InChI=1S/C19H22N2O2/c1-2-16-19(22)21(18-12-7-6-11-17(18)20-16)13-8-14-23-15-9-4-3-5-10-15/h3-7,9-12,16,20H,2,8,13-14H2,1H3. The van der Waals surface area contributed by atoms with E-state index >= 15 is 0 Å². The molecule has 0 bridgehead atoms. The Morgan fingerprint density at radius 3 is 2.61 bits per heavy atom. The van der Waals surface area contributed by atoms with Gasteiger partial charge in [-0.05, 0) is 37.1 Å². The van der Waals surface area contributed by atoms with E-state index in [2.05, 4.69) is 5.32 Å². The minimum Gasteiger partial charge on any atom is -0.494 e. The highest BCUT2D eigenvalue weighted by molar-refractivity contribution is 6.04. The van der Waals surface area contributed by atoms with Crippen molar-refractivity contribution in [1.29, 1.82) is 0 Å². The van der Waals surface area contributed by atoms with Gasteiger partial charge in [0, 0.05) is 6.54 Å². The maximum absolute atomic E-state index is 12.6.